The SMILES string of the molecule is N#CC1=C(N)O[C@@H]2NN=C(C(F)(F)F)[C@H]2[C@H]1c1ccc(O)cc1. The van der Waals surface area contributed by atoms with E-state index in [2.05, 4.69) is 10.5 Å². The molecule has 1 aromatic rings. The van der Waals surface area contributed by atoms with Crippen LogP contribution in [0.5, 0.6) is 5.75 Å². The average Bonchev–Trinajstić information content (AvgIpc) is 2.90. The molecule has 9 heteroatoms. The second kappa shape index (κ2) is 5.08. The standard InChI is InChI=1S/C14H11F3N4O2/c15-14(16,17)11-10-9(6-1-3-7(22)4-2-6)8(5-18)12(19)23-13(10)21-20-11/h1-4,9-10,13,21-22H,19H2/t9-,10+,13-/m0/s1. The number of benzene rings is 1. The van der Waals surface area contributed by atoms with E-state index in [0.717, 1.165) is 0 Å². The number of nitrogens with zero attached hydrogens (tertiary/aromatic N) is 2. The first-order chi connectivity index (χ1) is 10.8. The van der Waals surface area contributed by atoms with Gasteiger partial charge in [-0.2, -0.15) is 23.5 Å². The van der Waals surface area contributed by atoms with Gasteiger partial charge in [0.1, 0.15) is 11.8 Å². The Morgan fingerprint density at radius 1 is 1.30 bits per heavy atom. The van der Waals surface area contributed by atoms with Crippen LogP contribution < -0.4 is 11.2 Å². The molecule has 2 aliphatic heterocycles. The van der Waals surface area contributed by atoms with Crippen LogP contribution in [0.4, 0.5) is 13.2 Å². The summed E-state index contributed by atoms with van der Waals surface area (Å²) in [5.41, 5.74) is 7.19. The zero-order valence-electron chi connectivity index (χ0n) is 11.5. The molecule has 6 nitrogen and oxygen atoms in total. The van der Waals surface area contributed by atoms with E-state index in [0.29, 0.717) is 5.56 Å². The lowest BCUT2D eigenvalue weighted by atomic mass is 9.76. The molecular weight excluding hydrogens is 313 g/mol. The van der Waals surface area contributed by atoms with Crippen LogP contribution in [0.3, 0.4) is 0 Å². The zero-order chi connectivity index (χ0) is 16.8. The third kappa shape index (κ3) is 2.42. The van der Waals surface area contributed by atoms with Crippen molar-refractivity contribution in [3.63, 3.8) is 0 Å². The summed E-state index contributed by atoms with van der Waals surface area (Å²) >= 11 is 0. The first kappa shape index (κ1) is 15.0. The topological polar surface area (TPSA) is 104 Å². The number of phenolic OH excluding ortho intramolecular Hbond substituents is 1. The fraction of sp³-hybridized carbons (Fsp3) is 0.286. The number of allylic oxidation sites excluding steroid dienone is 1. The number of hydrogen-bond acceptors (Lipinski definition) is 6. The summed E-state index contributed by atoms with van der Waals surface area (Å²) in [6.45, 7) is 0. The van der Waals surface area contributed by atoms with Gasteiger partial charge in [0.15, 0.2) is 11.9 Å². The lowest BCUT2D eigenvalue weighted by molar-refractivity contribution is -0.0661. The number of phenols is 1. The van der Waals surface area contributed by atoms with Crippen molar-refractivity contribution in [3.8, 4) is 11.8 Å². The number of fused-ring (bicyclic) bond motifs is 1. The largest absolute Gasteiger partial charge is 0.508 e. The molecule has 120 valence electrons. The smallest absolute Gasteiger partial charge is 0.431 e. The number of rotatable bonds is 1. The van der Waals surface area contributed by atoms with Crippen molar-refractivity contribution in [2.75, 3.05) is 0 Å². The molecular formula is C14H11F3N4O2. The van der Waals surface area contributed by atoms with Gasteiger partial charge in [0.2, 0.25) is 5.88 Å². The Morgan fingerprint density at radius 2 is 1.96 bits per heavy atom. The van der Waals surface area contributed by atoms with Crippen molar-refractivity contribution in [2.24, 2.45) is 16.8 Å². The maximum atomic E-state index is 13.2. The molecule has 0 fully saturated rings. The quantitative estimate of drug-likeness (QED) is 0.729. The maximum Gasteiger partial charge on any atom is 0.431 e. The maximum absolute atomic E-state index is 13.2. The molecule has 23 heavy (non-hydrogen) atoms. The number of nitrogens with two attached hydrogens (primary N) is 1. The molecule has 0 unspecified atom stereocenters. The molecule has 0 radical (unpaired) electrons. The van der Waals surface area contributed by atoms with E-state index in [4.69, 9.17) is 10.5 Å². The zero-order valence-corrected chi connectivity index (χ0v) is 11.5. The van der Waals surface area contributed by atoms with Gasteiger partial charge < -0.3 is 15.6 Å². The highest BCUT2D eigenvalue weighted by molar-refractivity contribution is 5.94. The first-order valence-corrected chi connectivity index (χ1v) is 6.58. The number of aromatic hydroxyl groups is 1. The highest BCUT2D eigenvalue weighted by Crippen LogP contribution is 2.45. The van der Waals surface area contributed by atoms with Crippen LogP contribution in [0.25, 0.3) is 0 Å². The third-order valence-electron chi connectivity index (χ3n) is 3.81. The van der Waals surface area contributed by atoms with Crippen molar-refractivity contribution < 1.29 is 23.0 Å². The van der Waals surface area contributed by atoms with E-state index in [1.165, 1.54) is 24.3 Å². The number of nitrogens with one attached hydrogen (secondary N) is 1. The monoisotopic (exact) mass is 324 g/mol. The summed E-state index contributed by atoms with van der Waals surface area (Å²) in [7, 11) is 0. The van der Waals surface area contributed by atoms with Crippen molar-refractivity contribution in [2.45, 2.75) is 18.3 Å². The fourth-order valence-corrected chi connectivity index (χ4v) is 2.83. The Bertz CT molecular complexity index is 734. The number of nitriles is 1. The lowest BCUT2D eigenvalue weighted by Gasteiger charge is -2.34. The van der Waals surface area contributed by atoms with Gasteiger partial charge in [-0.3, -0.25) is 5.43 Å². The molecule has 3 rings (SSSR count). The summed E-state index contributed by atoms with van der Waals surface area (Å²) in [6, 6.07) is 7.37. The van der Waals surface area contributed by atoms with Crippen LogP contribution in [0.2, 0.25) is 0 Å². The molecule has 4 N–H and O–H groups in total. The molecule has 2 heterocycles. The second-order valence-corrected chi connectivity index (χ2v) is 5.15. The minimum atomic E-state index is -4.67. The Balaban J connectivity index is 2.13. The van der Waals surface area contributed by atoms with Crippen LogP contribution >= 0.6 is 0 Å². The van der Waals surface area contributed by atoms with Gasteiger partial charge in [-0.05, 0) is 17.7 Å². The number of alkyl halides is 3. The lowest BCUT2D eigenvalue weighted by Crippen LogP contribution is -2.45. The molecule has 0 aliphatic carbocycles. The van der Waals surface area contributed by atoms with E-state index in [-0.39, 0.29) is 17.2 Å². The van der Waals surface area contributed by atoms with Crippen LogP contribution in [-0.2, 0) is 4.74 Å². The van der Waals surface area contributed by atoms with Gasteiger partial charge in [0.25, 0.3) is 0 Å². The minimum absolute atomic E-state index is 0.0397. The van der Waals surface area contributed by atoms with Crippen LogP contribution in [-0.4, -0.2) is 23.2 Å². The summed E-state index contributed by atoms with van der Waals surface area (Å²) < 4.78 is 44.8. The second-order valence-electron chi connectivity index (χ2n) is 5.15. The van der Waals surface area contributed by atoms with E-state index in [1.54, 1.807) is 0 Å². The van der Waals surface area contributed by atoms with E-state index in [9.17, 15) is 23.5 Å². The molecule has 0 bridgehead atoms. The van der Waals surface area contributed by atoms with E-state index in [1.807, 2.05) is 6.07 Å². The Hall–Kier alpha value is -2.89. The van der Waals surface area contributed by atoms with Gasteiger partial charge in [-0.15, -0.1) is 0 Å². The van der Waals surface area contributed by atoms with Crippen LogP contribution in [0.15, 0.2) is 40.8 Å². The van der Waals surface area contributed by atoms with Crippen LogP contribution in [0, 0.1) is 17.2 Å². The molecule has 2 aliphatic rings. The van der Waals surface area contributed by atoms with Crippen molar-refractivity contribution >= 4 is 5.71 Å². The highest BCUT2D eigenvalue weighted by Gasteiger charge is 2.55. The Labute approximate surface area is 128 Å². The number of hydrazone groups is 1. The first-order valence-electron chi connectivity index (χ1n) is 6.58. The van der Waals surface area contributed by atoms with Crippen molar-refractivity contribution in [3.05, 3.63) is 41.3 Å². The molecule has 0 amide bonds. The summed E-state index contributed by atoms with van der Waals surface area (Å²) in [6.07, 6.45) is -5.78. The van der Waals surface area contributed by atoms with Gasteiger partial charge in [-0.1, -0.05) is 12.1 Å². The van der Waals surface area contributed by atoms with E-state index < -0.39 is 30.0 Å². The number of halogens is 3. The summed E-state index contributed by atoms with van der Waals surface area (Å²) in [5, 5.41) is 22.0. The minimum Gasteiger partial charge on any atom is -0.508 e. The van der Waals surface area contributed by atoms with Gasteiger partial charge >= 0.3 is 6.18 Å². The third-order valence-corrected chi connectivity index (χ3v) is 3.81. The summed E-state index contributed by atoms with van der Waals surface area (Å²) in [4.78, 5) is 0. The molecule has 0 aromatic heterocycles. The Kier molecular flexibility index (Phi) is 3.32. The van der Waals surface area contributed by atoms with E-state index >= 15 is 0 Å². The molecule has 1 aromatic carbocycles. The highest BCUT2D eigenvalue weighted by atomic mass is 19.4. The summed E-state index contributed by atoms with van der Waals surface area (Å²) in [5.74, 6) is -2.50. The molecule has 0 spiro atoms. The number of ether oxygens (including phenoxy) is 1. The normalized spacial score (nSPS) is 26.7. The molecule has 0 saturated heterocycles. The predicted octanol–water partition coefficient (Wildman–Crippen LogP) is 1.66. The number of hydrogen-bond donors (Lipinski definition) is 3. The van der Waals surface area contributed by atoms with Gasteiger partial charge in [0, 0.05) is 5.92 Å². The van der Waals surface area contributed by atoms with Gasteiger partial charge in [-0.25, -0.2) is 0 Å². The van der Waals surface area contributed by atoms with Gasteiger partial charge in [0.05, 0.1) is 11.5 Å². The van der Waals surface area contributed by atoms with Crippen molar-refractivity contribution in [1.82, 2.24) is 5.43 Å². The Morgan fingerprint density at radius 3 is 2.52 bits per heavy atom. The predicted molar refractivity (Wildman–Crippen MR) is 72.7 cm³/mol. The van der Waals surface area contributed by atoms with Crippen LogP contribution in [0.1, 0.15) is 11.5 Å². The average molecular weight is 324 g/mol. The molecule has 3 atom stereocenters. The molecule has 0 saturated carbocycles. The van der Waals surface area contributed by atoms with Crippen molar-refractivity contribution in [1.29, 1.82) is 5.26 Å². The fourth-order valence-electron chi connectivity index (χ4n) is 2.83.